The summed E-state index contributed by atoms with van der Waals surface area (Å²) < 4.78 is 0. The van der Waals surface area contributed by atoms with Crippen LogP contribution in [0.25, 0.3) is 0 Å². The quantitative estimate of drug-likeness (QED) is 0.831. The summed E-state index contributed by atoms with van der Waals surface area (Å²) in [4.78, 5) is 25.2. The summed E-state index contributed by atoms with van der Waals surface area (Å²) in [5.74, 6) is -0.575. The van der Waals surface area contributed by atoms with Gasteiger partial charge < -0.3 is 0 Å². The van der Waals surface area contributed by atoms with Gasteiger partial charge in [-0.15, -0.1) is 11.8 Å². The Balaban J connectivity index is 1.55. The molecule has 2 amide bonds. The maximum atomic E-state index is 12.1. The van der Waals surface area contributed by atoms with E-state index in [9.17, 15) is 9.59 Å². The zero-order valence-corrected chi connectivity index (χ0v) is 13.1. The predicted octanol–water partition coefficient (Wildman–Crippen LogP) is 2.82. The lowest BCUT2D eigenvalue weighted by Crippen LogP contribution is -2.45. The van der Waals surface area contributed by atoms with E-state index < -0.39 is 0 Å². The Morgan fingerprint density at radius 3 is 2.50 bits per heavy atom. The Hall–Kier alpha value is -1.98. The van der Waals surface area contributed by atoms with E-state index in [1.165, 1.54) is 11.8 Å². The van der Waals surface area contributed by atoms with Crippen LogP contribution in [-0.4, -0.2) is 17.1 Å². The standard InChI is InChI=1S/C16H13ClN2O2S/c17-12-7-5-10(6-8-12)15(20)18-19-16(21)14-9-11-3-1-2-4-13(11)22-14/h1-8,14H,9H2,(H,18,20)(H,19,21). The molecule has 0 radical (unpaired) electrons. The van der Waals surface area contributed by atoms with E-state index in [0.717, 1.165) is 10.5 Å². The summed E-state index contributed by atoms with van der Waals surface area (Å²) in [5, 5.41) is 0.337. The topological polar surface area (TPSA) is 58.2 Å². The molecule has 1 aliphatic rings. The number of nitrogens with one attached hydrogen (secondary N) is 2. The third-order valence-electron chi connectivity index (χ3n) is 3.35. The van der Waals surface area contributed by atoms with Crippen molar-refractivity contribution in [3.05, 3.63) is 64.7 Å². The van der Waals surface area contributed by atoms with E-state index in [2.05, 4.69) is 10.9 Å². The molecule has 6 heteroatoms. The van der Waals surface area contributed by atoms with E-state index in [1.54, 1.807) is 24.3 Å². The number of fused-ring (bicyclic) bond motifs is 1. The lowest BCUT2D eigenvalue weighted by atomic mass is 10.1. The molecular formula is C16H13ClN2O2S. The second kappa shape index (κ2) is 6.42. The first-order valence-electron chi connectivity index (χ1n) is 6.74. The van der Waals surface area contributed by atoms with E-state index in [1.807, 2.05) is 24.3 Å². The number of benzene rings is 2. The summed E-state index contributed by atoms with van der Waals surface area (Å²) >= 11 is 7.28. The second-order valence-corrected chi connectivity index (χ2v) is 6.55. The molecule has 2 N–H and O–H groups in total. The zero-order chi connectivity index (χ0) is 15.5. The lowest BCUT2D eigenvalue weighted by molar-refractivity contribution is -0.121. The molecule has 1 heterocycles. The van der Waals surface area contributed by atoms with Gasteiger partial charge >= 0.3 is 0 Å². The smallest absolute Gasteiger partial charge is 0.269 e. The molecule has 0 spiro atoms. The number of hydrogen-bond donors (Lipinski definition) is 2. The van der Waals surface area contributed by atoms with Crippen LogP contribution < -0.4 is 10.9 Å². The third kappa shape index (κ3) is 3.26. The van der Waals surface area contributed by atoms with Gasteiger partial charge in [0.1, 0.15) is 0 Å². The zero-order valence-electron chi connectivity index (χ0n) is 11.5. The first-order chi connectivity index (χ1) is 10.6. The molecule has 2 aromatic carbocycles. The van der Waals surface area contributed by atoms with Crippen LogP contribution in [0.2, 0.25) is 5.02 Å². The number of hydrogen-bond acceptors (Lipinski definition) is 3. The Labute approximate surface area is 137 Å². The van der Waals surface area contributed by atoms with Gasteiger partial charge in [-0.2, -0.15) is 0 Å². The van der Waals surface area contributed by atoms with Crippen molar-refractivity contribution in [2.24, 2.45) is 0 Å². The van der Waals surface area contributed by atoms with Crippen molar-refractivity contribution < 1.29 is 9.59 Å². The molecule has 2 aromatic rings. The van der Waals surface area contributed by atoms with Crippen LogP contribution in [0.1, 0.15) is 15.9 Å². The second-order valence-electron chi connectivity index (χ2n) is 4.87. The molecule has 0 saturated carbocycles. The number of thioether (sulfide) groups is 1. The normalized spacial score (nSPS) is 16.0. The SMILES string of the molecule is O=C(NNC(=O)C1Cc2ccccc2S1)c1ccc(Cl)cc1. The van der Waals surface area contributed by atoms with E-state index in [4.69, 9.17) is 11.6 Å². The fourth-order valence-electron chi connectivity index (χ4n) is 2.20. The van der Waals surface area contributed by atoms with Crippen LogP contribution >= 0.6 is 23.4 Å². The molecular weight excluding hydrogens is 320 g/mol. The fraction of sp³-hybridized carbons (Fsp3) is 0.125. The molecule has 3 rings (SSSR count). The number of amides is 2. The van der Waals surface area contributed by atoms with Gasteiger partial charge in [0.25, 0.3) is 11.8 Å². The Kier molecular flexibility index (Phi) is 4.36. The molecule has 112 valence electrons. The molecule has 1 unspecified atom stereocenters. The molecule has 22 heavy (non-hydrogen) atoms. The molecule has 0 aliphatic carbocycles. The minimum atomic E-state index is -0.370. The average molecular weight is 333 g/mol. The van der Waals surface area contributed by atoms with Crippen molar-refractivity contribution in [2.45, 2.75) is 16.6 Å². The van der Waals surface area contributed by atoms with Gasteiger partial charge in [-0.05, 0) is 42.3 Å². The van der Waals surface area contributed by atoms with E-state index in [-0.39, 0.29) is 17.1 Å². The summed E-state index contributed by atoms with van der Waals surface area (Å²) in [6.07, 6.45) is 0.670. The molecule has 4 nitrogen and oxygen atoms in total. The van der Waals surface area contributed by atoms with Crippen molar-refractivity contribution in [2.75, 3.05) is 0 Å². The van der Waals surface area contributed by atoms with E-state index in [0.29, 0.717) is 17.0 Å². The minimum absolute atomic E-state index is 0.205. The fourth-order valence-corrected chi connectivity index (χ4v) is 3.52. The van der Waals surface area contributed by atoms with Crippen molar-refractivity contribution >= 4 is 35.2 Å². The number of carbonyl (C=O) groups is 2. The summed E-state index contributed by atoms with van der Waals surface area (Å²) in [6, 6.07) is 14.4. The largest absolute Gasteiger partial charge is 0.272 e. The van der Waals surface area contributed by atoms with Gasteiger partial charge in [-0.25, -0.2) is 0 Å². The van der Waals surface area contributed by atoms with Crippen LogP contribution in [0, 0.1) is 0 Å². The van der Waals surface area contributed by atoms with Gasteiger partial charge in [0.2, 0.25) is 0 Å². The number of carbonyl (C=O) groups excluding carboxylic acids is 2. The summed E-state index contributed by atoms with van der Waals surface area (Å²) in [6.45, 7) is 0. The Morgan fingerprint density at radius 2 is 1.77 bits per heavy atom. The highest BCUT2D eigenvalue weighted by Crippen LogP contribution is 2.36. The van der Waals surface area contributed by atoms with Crippen LogP contribution in [0.15, 0.2) is 53.4 Å². The number of hydrazine groups is 1. The van der Waals surface area contributed by atoms with Crippen molar-refractivity contribution in [1.29, 1.82) is 0 Å². The Morgan fingerprint density at radius 1 is 1.05 bits per heavy atom. The predicted molar refractivity (Wildman–Crippen MR) is 86.9 cm³/mol. The van der Waals surface area contributed by atoms with Crippen molar-refractivity contribution in [3.63, 3.8) is 0 Å². The number of rotatable bonds is 2. The maximum absolute atomic E-state index is 12.1. The summed E-state index contributed by atoms with van der Waals surface area (Å²) in [5.41, 5.74) is 6.51. The summed E-state index contributed by atoms with van der Waals surface area (Å²) in [7, 11) is 0. The Bertz CT molecular complexity index is 693. The van der Waals surface area contributed by atoms with Gasteiger partial charge in [-0.1, -0.05) is 29.8 Å². The monoisotopic (exact) mass is 332 g/mol. The first-order valence-corrected chi connectivity index (χ1v) is 7.99. The highest BCUT2D eigenvalue weighted by Gasteiger charge is 2.28. The minimum Gasteiger partial charge on any atom is -0.272 e. The molecule has 1 atom stereocenters. The van der Waals surface area contributed by atoms with E-state index >= 15 is 0 Å². The molecule has 0 saturated heterocycles. The molecule has 0 fully saturated rings. The number of halogens is 1. The van der Waals surface area contributed by atoms with Crippen molar-refractivity contribution in [1.82, 2.24) is 10.9 Å². The average Bonchev–Trinajstić information content (AvgIpc) is 2.97. The highest BCUT2D eigenvalue weighted by atomic mass is 35.5. The molecule has 1 aliphatic heterocycles. The third-order valence-corrected chi connectivity index (χ3v) is 4.91. The van der Waals surface area contributed by atoms with Gasteiger partial charge in [-0.3, -0.25) is 20.4 Å². The highest BCUT2D eigenvalue weighted by molar-refractivity contribution is 8.01. The van der Waals surface area contributed by atoms with Crippen LogP contribution in [0.5, 0.6) is 0 Å². The first kappa shape index (κ1) is 14.9. The van der Waals surface area contributed by atoms with Crippen LogP contribution in [0.4, 0.5) is 0 Å². The molecule has 0 aromatic heterocycles. The van der Waals surface area contributed by atoms with Crippen molar-refractivity contribution in [3.8, 4) is 0 Å². The van der Waals surface area contributed by atoms with Gasteiger partial charge in [0.05, 0.1) is 5.25 Å². The lowest BCUT2D eigenvalue weighted by Gasteiger charge is -2.11. The van der Waals surface area contributed by atoms with Crippen LogP contribution in [-0.2, 0) is 11.2 Å². The molecule has 0 bridgehead atoms. The van der Waals surface area contributed by atoms with Gasteiger partial charge in [0.15, 0.2) is 0 Å². The maximum Gasteiger partial charge on any atom is 0.269 e. The van der Waals surface area contributed by atoms with Crippen LogP contribution in [0.3, 0.4) is 0 Å². The van der Waals surface area contributed by atoms with Gasteiger partial charge in [0, 0.05) is 15.5 Å².